The Morgan fingerprint density at radius 3 is 2.73 bits per heavy atom. The molecule has 1 saturated heterocycles. The molecule has 22 heavy (non-hydrogen) atoms. The number of benzene rings is 1. The number of methoxy groups -OCH3 is 1. The maximum absolute atomic E-state index is 12.7. The van der Waals surface area contributed by atoms with Crippen LogP contribution in [0.25, 0.3) is 0 Å². The van der Waals surface area contributed by atoms with Crippen LogP contribution in [0.5, 0.6) is 5.75 Å². The van der Waals surface area contributed by atoms with Crippen molar-refractivity contribution in [2.24, 2.45) is 5.92 Å². The molecule has 2 rings (SSSR count). The van der Waals surface area contributed by atoms with Crippen LogP contribution in [0.15, 0.2) is 23.1 Å². The number of anilines is 1. The third kappa shape index (κ3) is 3.59. The first-order valence-electron chi connectivity index (χ1n) is 7.30. The van der Waals surface area contributed by atoms with E-state index < -0.39 is 10.0 Å². The van der Waals surface area contributed by atoms with E-state index in [0.29, 0.717) is 30.4 Å². The number of hydrogen-bond acceptors (Lipinski definition) is 4. The van der Waals surface area contributed by atoms with Crippen LogP contribution in [-0.4, -0.2) is 38.8 Å². The third-order valence-electron chi connectivity index (χ3n) is 3.74. The molecule has 1 aromatic carbocycles. The van der Waals surface area contributed by atoms with Gasteiger partial charge < -0.3 is 10.1 Å². The minimum atomic E-state index is -3.53. The normalized spacial score (nSPS) is 19.7. The molecule has 1 heterocycles. The molecule has 6 nitrogen and oxygen atoms in total. The predicted molar refractivity (Wildman–Crippen MR) is 84.5 cm³/mol. The number of carbonyl (C=O) groups excluding carboxylic acids is 1. The first-order chi connectivity index (χ1) is 10.3. The van der Waals surface area contributed by atoms with Crippen molar-refractivity contribution in [3.05, 3.63) is 18.2 Å². The summed E-state index contributed by atoms with van der Waals surface area (Å²) in [5, 5.41) is 2.62. The summed E-state index contributed by atoms with van der Waals surface area (Å²) in [6, 6.07) is 4.52. The van der Waals surface area contributed by atoms with Gasteiger partial charge in [-0.3, -0.25) is 4.79 Å². The zero-order valence-corrected chi connectivity index (χ0v) is 13.9. The number of rotatable bonds is 4. The van der Waals surface area contributed by atoms with Gasteiger partial charge in [0.25, 0.3) is 0 Å². The number of piperidine rings is 1. The molecule has 0 aliphatic carbocycles. The maximum atomic E-state index is 12.7. The third-order valence-corrected chi connectivity index (χ3v) is 5.60. The van der Waals surface area contributed by atoms with Gasteiger partial charge in [0.2, 0.25) is 15.9 Å². The van der Waals surface area contributed by atoms with E-state index in [0.717, 1.165) is 12.8 Å². The molecular formula is C15H22N2O4S. The Labute approximate surface area is 131 Å². The molecule has 7 heteroatoms. The van der Waals surface area contributed by atoms with Crippen LogP contribution in [0, 0.1) is 5.92 Å². The Balaban J connectivity index is 2.33. The largest absolute Gasteiger partial charge is 0.495 e. The van der Waals surface area contributed by atoms with Crippen LogP contribution < -0.4 is 10.1 Å². The molecule has 1 atom stereocenters. The Morgan fingerprint density at radius 2 is 2.14 bits per heavy atom. The number of nitrogens with zero attached hydrogens (tertiary/aromatic N) is 1. The number of ether oxygens (including phenoxy) is 1. The number of amides is 1. The highest BCUT2D eigenvalue weighted by molar-refractivity contribution is 7.89. The highest BCUT2D eigenvalue weighted by atomic mass is 32.2. The topological polar surface area (TPSA) is 75.7 Å². The molecule has 1 aliphatic rings. The van der Waals surface area contributed by atoms with Crippen molar-refractivity contribution in [1.29, 1.82) is 0 Å². The molecule has 0 bridgehead atoms. The van der Waals surface area contributed by atoms with Crippen molar-refractivity contribution < 1.29 is 17.9 Å². The van der Waals surface area contributed by atoms with Crippen molar-refractivity contribution in [3.63, 3.8) is 0 Å². The fourth-order valence-electron chi connectivity index (χ4n) is 2.64. The first-order valence-corrected chi connectivity index (χ1v) is 8.74. The number of sulfonamides is 1. The van der Waals surface area contributed by atoms with Crippen molar-refractivity contribution in [2.45, 2.75) is 31.6 Å². The van der Waals surface area contributed by atoms with E-state index in [-0.39, 0.29) is 10.8 Å². The van der Waals surface area contributed by atoms with Gasteiger partial charge in [0.15, 0.2) is 0 Å². The maximum Gasteiger partial charge on any atom is 0.243 e. The summed E-state index contributed by atoms with van der Waals surface area (Å²) in [7, 11) is -2.09. The molecular weight excluding hydrogens is 304 g/mol. The molecule has 1 N–H and O–H groups in total. The monoisotopic (exact) mass is 326 g/mol. The van der Waals surface area contributed by atoms with E-state index >= 15 is 0 Å². The second-order valence-electron chi connectivity index (χ2n) is 5.65. The van der Waals surface area contributed by atoms with Crippen LogP contribution >= 0.6 is 0 Å². The van der Waals surface area contributed by atoms with Crippen molar-refractivity contribution >= 4 is 21.6 Å². The van der Waals surface area contributed by atoms with E-state index in [2.05, 4.69) is 12.2 Å². The number of carbonyl (C=O) groups is 1. The zero-order chi connectivity index (χ0) is 16.3. The van der Waals surface area contributed by atoms with E-state index in [1.807, 2.05) is 0 Å². The SMILES string of the molecule is COc1cc(S(=O)(=O)N2CCCC(C)C2)ccc1NC(C)=O. The molecule has 1 fully saturated rings. The lowest BCUT2D eigenvalue weighted by Crippen LogP contribution is -2.39. The van der Waals surface area contributed by atoms with Gasteiger partial charge in [-0.25, -0.2) is 8.42 Å². The van der Waals surface area contributed by atoms with E-state index in [1.54, 1.807) is 6.07 Å². The summed E-state index contributed by atoms with van der Waals surface area (Å²) in [6.45, 7) is 4.53. The summed E-state index contributed by atoms with van der Waals surface area (Å²) in [6.07, 6.45) is 1.93. The predicted octanol–water partition coefficient (Wildman–Crippen LogP) is 2.07. The molecule has 1 aliphatic heterocycles. The van der Waals surface area contributed by atoms with Gasteiger partial charge in [-0.1, -0.05) is 6.92 Å². The van der Waals surface area contributed by atoms with Gasteiger partial charge in [-0.05, 0) is 30.9 Å². The van der Waals surface area contributed by atoms with Crippen molar-refractivity contribution in [2.75, 3.05) is 25.5 Å². The van der Waals surface area contributed by atoms with Crippen molar-refractivity contribution in [3.8, 4) is 5.75 Å². The average Bonchev–Trinajstić information content (AvgIpc) is 2.47. The van der Waals surface area contributed by atoms with Gasteiger partial charge in [-0.15, -0.1) is 0 Å². The first kappa shape index (κ1) is 16.8. The quantitative estimate of drug-likeness (QED) is 0.919. The van der Waals surface area contributed by atoms with Crippen LogP contribution in [0.1, 0.15) is 26.7 Å². The van der Waals surface area contributed by atoms with Gasteiger partial charge in [-0.2, -0.15) is 4.31 Å². The Kier molecular flexibility index (Phi) is 5.08. The molecule has 1 amide bonds. The van der Waals surface area contributed by atoms with Crippen LogP contribution in [0.3, 0.4) is 0 Å². The minimum Gasteiger partial charge on any atom is -0.495 e. The van der Waals surface area contributed by atoms with E-state index in [1.165, 1.54) is 30.5 Å². The molecule has 1 aromatic rings. The number of nitrogens with one attached hydrogen (secondary N) is 1. The molecule has 0 spiro atoms. The van der Waals surface area contributed by atoms with Crippen LogP contribution in [-0.2, 0) is 14.8 Å². The fourth-order valence-corrected chi connectivity index (χ4v) is 4.25. The smallest absolute Gasteiger partial charge is 0.243 e. The Morgan fingerprint density at radius 1 is 1.41 bits per heavy atom. The summed E-state index contributed by atoms with van der Waals surface area (Å²) in [5.74, 6) is 0.462. The zero-order valence-electron chi connectivity index (χ0n) is 13.1. The van der Waals surface area contributed by atoms with E-state index in [4.69, 9.17) is 4.74 Å². The highest BCUT2D eigenvalue weighted by Gasteiger charge is 2.29. The highest BCUT2D eigenvalue weighted by Crippen LogP contribution is 2.30. The van der Waals surface area contributed by atoms with Gasteiger partial charge >= 0.3 is 0 Å². The standard InChI is InChI=1S/C15H22N2O4S/c1-11-5-4-8-17(10-11)22(19,20)13-6-7-14(16-12(2)18)15(9-13)21-3/h6-7,9,11H,4-5,8,10H2,1-3H3,(H,16,18). The summed E-state index contributed by atoms with van der Waals surface area (Å²) >= 11 is 0. The Hall–Kier alpha value is -1.60. The molecule has 0 radical (unpaired) electrons. The van der Waals surface area contributed by atoms with Gasteiger partial charge in [0.1, 0.15) is 5.75 Å². The van der Waals surface area contributed by atoms with Crippen LogP contribution in [0.2, 0.25) is 0 Å². The lowest BCUT2D eigenvalue weighted by molar-refractivity contribution is -0.114. The van der Waals surface area contributed by atoms with E-state index in [9.17, 15) is 13.2 Å². The van der Waals surface area contributed by atoms with Gasteiger partial charge in [0, 0.05) is 26.1 Å². The second kappa shape index (κ2) is 6.66. The lowest BCUT2D eigenvalue weighted by Gasteiger charge is -2.30. The summed E-state index contributed by atoms with van der Waals surface area (Å²) in [5.41, 5.74) is 0.459. The summed E-state index contributed by atoms with van der Waals surface area (Å²) < 4.78 is 32.1. The fraction of sp³-hybridized carbons (Fsp3) is 0.533. The average molecular weight is 326 g/mol. The Bertz CT molecular complexity index is 658. The van der Waals surface area contributed by atoms with Crippen molar-refractivity contribution in [1.82, 2.24) is 4.31 Å². The number of hydrogen-bond donors (Lipinski definition) is 1. The molecule has 122 valence electrons. The molecule has 0 aromatic heterocycles. The van der Waals surface area contributed by atoms with Crippen LogP contribution in [0.4, 0.5) is 5.69 Å². The summed E-state index contributed by atoms with van der Waals surface area (Å²) in [4.78, 5) is 11.3. The molecule has 0 saturated carbocycles. The second-order valence-corrected chi connectivity index (χ2v) is 7.59. The minimum absolute atomic E-state index is 0.188. The molecule has 1 unspecified atom stereocenters. The van der Waals surface area contributed by atoms with Gasteiger partial charge in [0.05, 0.1) is 17.7 Å². The lowest BCUT2D eigenvalue weighted by atomic mass is 10.0.